The smallest absolute Gasteiger partial charge is 0.252 e. The highest BCUT2D eigenvalue weighted by Gasteiger charge is 2.37. The predicted octanol–water partition coefficient (Wildman–Crippen LogP) is 1.95. The van der Waals surface area contributed by atoms with Gasteiger partial charge in [0.05, 0.1) is 13.5 Å². The second kappa shape index (κ2) is 5.94. The number of ether oxygens (including phenoxy) is 1. The Balaban J connectivity index is 2.09. The molecule has 0 aromatic heterocycles. The van der Waals surface area contributed by atoms with E-state index in [0.717, 1.165) is 23.4 Å². The van der Waals surface area contributed by atoms with Crippen LogP contribution < -0.4 is 10.1 Å². The molecule has 1 atom stereocenters. The fourth-order valence-electron chi connectivity index (χ4n) is 2.42. The van der Waals surface area contributed by atoms with Gasteiger partial charge >= 0.3 is 0 Å². The Morgan fingerprint density at radius 2 is 2.15 bits per heavy atom. The van der Waals surface area contributed by atoms with E-state index in [4.69, 9.17) is 4.74 Å². The van der Waals surface area contributed by atoms with Crippen LogP contribution in [0.4, 0.5) is 5.69 Å². The lowest BCUT2D eigenvalue weighted by Gasteiger charge is -2.16. The van der Waals surface area contributed by atoms with Crippen molar-refractivity contribution in [2.24, 2.45) is 0 Å². The van der Waals surface area contributed by atoms with Gasteiger partial charge in [-0.05, 0) is 37.1 Å². The molecule has 1 fully saturated rings. The van der Waals surface area contributed by atoms with Crippen molar-refractivity contribution in [3.63, 3.8) is 0 Å². The number of carbonyl (C=O) groups is 2. The van der Waals surface area contributed by atoms with Gasteiger partial charge in [-0.3, -0.25) is 14.5 Å². The topological polar surface area (TPSA) is 58.6 Å². The third kappa shape index (κ3) is 2.76. The van der Waals surface area contributed by atoms with E-state index in [1.807, 2.05) is 32.0 Å². The Kier molecular flexibility index (Phi) is 4.27. The lowest BCUT2D eigenvalue weighted by Crippen LogP contribution is -2.35. The number of benzene rings is 1. The number of hydrogen-bond acceptors (Lipinski definition) is 4. The molecule has 0 spiro atoms. The molecule has 1 unspecified atom stereocenters. The van der Waals surface area contributed by atoms with Crippen LogP contribution in [0.5, 0.6) is 5.75 Å². The van der Waals surface area contributed by atoms with Crippen LogP contribution in [-0.4, -0.2) is 36.4 Å². The van der Waals surface area contributed by atoms with Crippen LogP contribution in [-0.2, 0) is 9.59 Å². The summed E-state index contributed by atoms with van der Waals surface area (Å²) in [5.74, 6) is 0.571. The van der Waals surface area contributed by atoms with E-state index >= 15 is 0 Å². The highest BCUT2D eigenvalue weighted by Crippen LogP contribution is 2.24. The molecule has 20 heavy (non-hydrogen) atoms. The fourth-order valence-corrected chi connectivity index (χ4v) is 2.42. The molecule has 2 amide bonds. The molecule has 0 saturated carbocycles. The number of nitrogens with zero attached hydrogens (tertiary/aromatic N) is 1. The van der Waals surface area contributed by atoms with E-state index < -0.39 is 6.04 Å². The average Bonchev–Trinajstić information content (AvgIpc) is 2.67. The Morgan fingerprint density at radius 3 is 2.75 bits per heavy atom. The number of anilines is 1. The van der Waals surface area contributed by atoms with Crippen LogP contribution in [0.2, 0.25) is 0 Å². The molecule has 5 heteroatoms. The molecule has 1 N–H and O–H groups in total. The van der Waals surface area contributed by atoms with Gasteiger partial charge in [-0.25, -0.2) is 0 Å². The highest BCUT2D eigenvalue weighted by atomic mass is 16.5. The quantitative estimate of drug-likeness (QED) is 0.835. The molecule has 0 radical (unpaired) electrons. The van der Waals surface area contributed by atoms with Gasteiger partial charge in [-0.2, -0.15) is 0 Å². The standard InChI is InChI=1S/C15H20N2O3/c1-4-7-17-14(18)9-12(15(17)19)16-11-5-6-13(20-3)10(2)8-11/h5-6,8,12,16H,4,7,9H2,1-3H3. The summed E-state index contributed by atoms with van der Waals surface area (Å²) in [5, 5.41) is 3.13. The summed E-state index contributed by atoms with van der Waals surface area (Å²) < 4.78 is 5.20. The Morgan fingerprint density at radius 1 is 1.40 bits per heavy atom. The van der Waals surface area contributed by atoms with Crippen molar-refractivity contribution in [1.29, 1.82) is 0 Å². The monoisotopic (exact) mass is 276 g/mol. The Hall–Kier alpha value is -2.04. The number of hydrogen-bond donors (Lipinski definition) is 1. The second-order valence-electron chi connectivity index (χ2n) is 4.97. The first-order valence-electron chi connectivity index (χ1n) is 6.82. The molecule has 5 nitrogen and oxygen atoms in total. The van der Waals surface area contributed by atoms with Crippen molar-refractivity contribution in [1.82, 2.24) is 4.90 Å². The molecular weight excluding hydrogens is 256 g/mol. The van der Waals surface area contributed by atoms with Crippen LogP contribution in [0.15, 0.2) is 18.2 Å². The summed E-state index contributed by atoms with van der Waals surface area (Å²) in [6.45, 7) is 4.39. The maximum atomic E-state index is 12.1. The molecule has 108 valence electrons. The number of carbonyl (C=O) groups excluding carboxylic acids is 2. The third-order valence-corrected chi connectivity index (χ3v) is 3.43. The summed E-state index contributed by atoms with van der Waals surface area (Å²) >= 11 is 0. The largest absolute Gasteiger partial charge is 0.496 e. The molecule has 1 heterocycles. The molecule has 1 aromatic carbocycles. The van der Waals surface area contributed by atoms with Crippen molar-refractivity contribution < 1.29 is 14.3 Å². The highest BCUT2D eigenvalue weighted by molar-refractivity contribution is 6.06. The first kappa shape index (κ1) is 14.4. The van der Waals surface area contributed by atoms with Gasteiger partial charge in [0, 0.05) is 12.2 Å². The zero-order chi connectivity index (χ0) is 14.7. The fraction of sp³-hybridized carbons (Fsp3) is 0.467. The SMILES string of the molecule is CCCN1C(=O)CC(Nc2ccc(OC)c(C)c2)C1=O. The molecule has 1 aliphatic heterocycles. The number of amides is 2. The second-order valence-corrected chi connectivity index (χ2v) is 4.97. The third-order valence-electron chi connectivity index (χ3n) is 3.43. The maximum Gasteiger partial charge on any atom is 0.252 e. The minimum Gasteiger partial charge on any atom is -0.496 e. The van der Waals surface area contributed by atoms with Crippen molar-refractivity contribution in [2.45, 2.75) is 32.7 Å². The first-order valence-corrected chi connectivity index (χ1v) is 6.82. The van der Waals surface area contributed by atoms with Crippen LogP contribution >= 0.6 is 0 Å². The van der Waals surface area contributed by atoms with Crippen LogP contribution in [0.1, 0.15) is 25.3 Å². The zero-order valence-electron chi connectivity index (χ0n) is 12.1. The summed E-state index contributed by atoms with van der Waals surface area (Å²) in [7, 11) is 1.62. The lowest BCUT2D eigenvalue weighted by atomic mass is 10.1. The van der Waals surface area contributed by atoms with Crippen molar-refractivity contribution >= 4 is 17.5 Å². The van der Waals surface area contributed by atoms with Crippen molar-refractivity contribution in [2.75, 3.05) is 19.0 Å². The zero-order valence-corrected chi connectivity index (χ0v) is 12.1. The van der Waals surface area contributed by atoms with E-state index in [1.165, 1.54) is 4.90 Å². The summed E-state index contributed by atoms with van der Waals surface area (Å²) in [4.78, 5) is 25.3. The summed E-state index contributed by atoms with van der Waals surface area (Å²) in [6.07, 6.45) is 1.01. The first-order chi connectivity index (χ1) is 9.56. The number of rotatable bonds is 5. The molecular formula is C15H20N2O3. The van der Waals surface area contributed by atoms with Crippen LogP contribution in [0.3, 0.4) is 0 Å². The average molecular weight is 276 g/mol. The predicted molar refractivity (Wildman–Crippen MR) is 76.8 cm³/mol. The molecule has 1 saturated heterocycles. The van der Waals surface area contributed by atoms with Gasteiger partial charge in [0.1, 0.15) is 11.8 Å². The molecule has 1 aromatic rings. The van der Waals surface area contributed by atoms with E-state index in [0.29, 0.717) is 6.54 Å². The van der Waals surface area contributed by atoms with Gasteiger partial charge in [0.25, 0.3) is 5.91 Å². The lowest BCUT2D eigenvalue weighted by molar-refractivity contribution is -0.138. The molecule has 0 bridgehead atoms. The summed E-state index contributed by atoms with van der Waals surface area (Å²) in [6, 6.07) is 5.16. The van der Waals surface area contributed by atoms with Gasteiger partial charge in [0.2, 0.25) is 5.91 Å². The number of nitrogens with one attached hydrogen (secondary N) is 1. The van der Waals surface area contributed by atoms with E-state index in [9.17, 15) is 9.59 Å². The van der Waals surface area contributed by atoms with Crippen LogP contribution in [0, 0.1) is 6.92 Å². The van der Waals surface area contributed by atoms with Gasteiger partial charge in [-0.1, -0.05) is 6.92 Å². The van der Waals surface area contributed by atoms with Crippen molar-refractivity contribution in [3.05, 3.63) is 23.8 Å². The van der Waals surface area contributed by atoms with Gasteiger partial charge < -0.3 is 10.1 Å². The van der Waals surface area contributed by atoms with Crippen LogP contribution in [0.25, 0.3) is 0 Å². The molecule has 2 rings (SSSR count). The van der Waals surface area contributed by atoms with Crippen molar-refractivity contribution in [3.8, 4) is 5.75 Å². The number of aryl methyl sites for hydroxylation is 1. The number of imide groups is 1. The normalized spacial score (nSPS) is 18.6. The summed E-state index contributed by atoms with van der Waals surface area (Å²) in [5.41, 5.74) is 1.81. The Labute approximate surface area is 118 Å². The van der Waals surface area contributed by atoms with Gasteiger partial charge in [0.15, 0.2) is 0 Å². The molecule has 0 aliphatic carbocycles. The Bertz CT molecular complexity index is 528. The van der Waals surface area contributed by atoms with E-state index in [-0.39, 0.29) is 18.2 Å². The maximum absolute atomic E-state index is 12.1. The molecule has 1 aliphatic rings. The number of likely N-dealkylation sites (tertiary alicyclic amines) is 1. The van der Waals surface area contributed by atoms with Gasteiger partial charge in [-0.15, -0.1) is 0 Å². The van der Waals surface area contributed by atoms with E-state index in [2.05, 4.69) is 5.32 Å². The minimum atomic E-state index is -0.457. The number of methoxy groups -OCH3 is 1. The minimum absolute atomic E-state index is 0.0976. The van der Waals surface area contributed by atoms with E-state index in [1.54, 1.807) is 7.11 Å².